The molecule has 0 aliphatic rings. The van der Waals surface area contributed by atoms with Crippen LogP contribution in [0.3, 0.4) is 0 Å². The molecule has 58 valence electrons. The molecule has 0 unspecified atom stereocenters. The Morgan fingerprint density at radius 2 is 1.30 bits per heavy atom. The molecular formula is C4H9Cl4LiTi. The normalized spacial score (nSPS) is 4.30. The first-order chi connectivity index (χ1) is 2.41. The molecule has 0 aliphatic carbocycles. The zero-order valence-electron chi connectivity index (χ0n) is 6.13. The zero-order valence-corrected chi connectivity index (χ0v) is 10.7. The van der Waals surface area contributed by atoms with Gasteiger partial charge in [0.25, 0.3) is 0 Å². The summed E-state index contributed by atoms with van der Waals surface area (Å²) in [4.78, 5) is 0. The molecule has 0 heterocycles. The summed E-state index contributed by atoms with van der Waals surface area (Å²) in [5, 5.41) is 1.34. The van der Waals surface area contributed by atoms with Crippen LogP contribution in [0, 0.1) is 0 Å². The van der Waals surface area contributed by atoms with Gasteiger partial charge in [-0.1, -0.05) is 0 Å². The molecule has 0 saturated heterocycles. The molecule has 0 rings (SSSR count). The summed E-state index contributed by atoms with van der Waals surface area (Å²) in [6.07, 6.45) is 2.73. The van der Waals surface area contributed by atoms with E-state index in [-0.39, 0.29) is 71.3 Å². The molecule has 0 aliphatic heterocycles. The second-order valence-corrected chi connectivity index (χ2v) is 1.35. The van der Waals surface area contributed by atoms with Crippen molar-refractivity contribution in [2.75, 3.05) is 0 Å². The number of rotatable bonds is 2. The average molecular weight is 254 g/mol. The van der Waals surface area contributed by atoms with Crippen molar-refractivity contribution in [3.05, 3.63) is 0 Å². The summed E-state index contributed by atoms with van der Waals surface area (Å²) in [5.74, 6) is 0. The standard InChI is InChI=1S/C4H9.4ClH.Li.Ti/c1-3-4-2;;;;;;/h1,3-4H2,2H3;4*1H;;/q;;;;;;+4/p-4. The summed E-state index contributed by atoms with van der Waals surface area (Å²) in [6.45, 7) is 2.21. The largest absolute Gasteiger partial charge is 4.00 e. The summed E-state index contributed by atoms with van der Waals surface area (Å²) in [7, 11) is 0. The van der Waals surface area contributed by atoms with Crippen molar-refractivity contribution >= 4 is 17.7 Å². The molecular weight excluding hydrogens is 245 g/mol. The molecule has 10 heavy (non-hydrogen) atoms. The van der Waals surface area contributed by atoms with Gasteiger partial charge in [0.2, 0.25) is 0 Å². The minimum atomic E-state index is 0. The van der Waals surface area contributed by atoms with Crippen molar-refractivity contribution in [1.82, 2.24) is 0 Å². The molecule has 0 N–H and O–H groups in total. The van der Waals surface area contributed by atoms with Crippen LogP contribution in [0.15, 0.2) is 0 Å². The fourth-order valence-corrected chi connectivity index (χ4v) is 0.354. The second-order valence-electron chi connectivity index (χ2n) is 1.35. The van der Waals surface area contributed by atoms with Gasteiger partial charge in [0.1, 0.15) is 0 Å². The van der Waals surface area contributed by atoms with E-state index >= 15 is 0 Å². The van der Waals surface area contributed by atoms with Crippen LogP contribution in [0.25, 0.3) is 0 Å². The SMILES string of the molecule is [Cl-].[Cl-].[Cl-].[Cl-].[Li][CH2]CCC.[Ti+4]. The van der Waals surface area contributed by atoms with Gasteiger partial charge in [0, 0.05) is 0 Å². The third-order valence-electron chi connectivity index (χ3n) is 0.707. The maximum Gasteiger partial charge on any atom is 4.00 e. The van der Waals surface area contributed by atoms with Gasteiger partial charge in [0.15, 0.2) is 0 Å². The third-order valence-corrected chi connectivity index (χ3v) is 0.707. The van der Waals surface area contributed by atoms with Gasteiger partial charge < -0.3 is 49.6 Å². The van der Waals surface area contributed by atoms with Crippen LogP contribution in [0.4, 0.5) is 0 Å². The molecule has 0 fully saturated rings. The minimum Gasteiger partial charge on any atom is 4.00 e. The van der Waals surface area contributed by atoms with Crippen LogP contribution in [0.2, 0.25) is 5.09 Å². The van der Waals surface area contributed by atoms with E-state index in [0.717, 1.165) is 0 Å². The van der Waals surface area contributed by atoms with Gasteiger partial charge in [-0.3, -0.25) is 0 Å². The van der Waals surface area contributed by atoms with Crippen LogP contribution >= 0.6 is 0 Å². The number of unbranched alkanes of at least 4 members (excludes halogenated alkanes) is 1. The van der Waals surface area contributed by atoms with Gasteiger partial charge in [-0.25, -0.2) is 0 Å². The predicted molar refractivity (Wildman–Crippen MR) is 25.5 cm³/mol. The van der Waals surface area contributed by atoms with E-state index in [2.05, 4.69) is 24.6 Å². The first-order valence-electron chi connectivity index (χ1n) is 2.41. The van der Waals surface area contributed by atoms with Crippen LogP contribution in [0.5, 0.6) is 0 Å². The summed E-state index contributed by atoms with van der Waals surface area (Å²) in [6, 6.07) is 0. The van der Waals surface area contributed by atoms with E-state index < -0.39 is 0 Å². The summed E-state index contributed by atoms with van der Waals surface area (Å²) in [5.41, 5.74) is 0. The van der Waals surface area contributed by atoms with Gasteiger partial charge in [-0.2, -0.15) is 0 Å². The zero-order chi connectivity index (χ0) is 4.12. The van der Waals surface area contributed by atoms with E-state index in [9.17, 15) is 0 Å². The van der Waals surface area contributed by atoms with Crippen LogP contribution in [0.1, 0.15) is 19.8 Å². The minimum absolute atomic E-state index is 0. The Morgan fingerprint density at radius 1 is 1.00 bits per heavy atom. The fourth-order valence-electron chi connectivity index (χ4n) is 0.354. The number of hydrogen-bond donors (Lipinski definition) is 0. The van der Waals surface area contributed by atoms with Crippen molar-refractivity contribution in [1.29, 1.82) is 0 Å². The Morgan fingerprint density at radius 3 is 1.30 bits per heavy atom. The van der Waals surface area contributed by atoms with Gasteiger partial charge in [-0.05, 0) is 0 Å². The smallest absolute Gasteiger partial charge is 4.00 e. The molecule has 0 atom stereocenters. The van der Waals surface area contributed by atoms with E-state index in [1.807, 2.05) is 0 Å². The molecule has 0 aromatic carbocycles. The molecule has 0 aromatic rings. The van der Waals surface area contributed by atoms with Crippen molar-refractivity contribution in [2.45, 2.75) is 24.9 Å². The van der Waals surface area contributed by atoms with Crippen LogP contribution in [-0.4, -0.2) is 17.7 Å². The Balaban J connectivity index is -0.00000000800. The Kier molecular flexibility index (Phi) is 165. The maximum atomic E-state index is 2.21. The molecule has 0 bridgehead atoms. The van der Waals surface area contributed by atoms with E-state index in [0.29, 0.717) is 0 Å². The molecule has 0 saturated carbocycles. The Hall–Kier alpha value is 2.47. The summed E-state index contributed by atoms with van der Waals surface area (Å²) < 4.78 is 0. The van der Waals surface area contributed by atoms with Crippen LogP contribution in [-0.2, 0) is 21.7 Å². The van der Waals surface area contributed by atoms with Crippen LogP contribution < -0.4 is 49.6 Å². The first-order valence-corrected chi connectivity index (χ1v) is 2.41. The predicted octanol–water partition coefficient (Wildman–Crippen LogP) is -10.6. The molecule has 0 amide bonds. The summed E-state index contributed by atoms with van der Waals surface area (Å²) >= 11 is 2.21. The van der Waals surface area contributed by atoms with E-state index in [4.69, 9.17) is 0 Å². The topological polar surface area (TPSA) is 0 Å². The van der Waals surface area contributed by atoms with Crippen molar-refractivity contribution < 1.29 is 71.3 Å². The number of halogens is 4. The van der Waals surface area contributed by atoms with Gasteiger partial charge in [-0.15, -0.1) is 0 Å². The van der Waals surface area contributed by atoms with Gasteiger partial charge in [0.05, 0.1) is 0 Å². The van der Waals surface area contributed by atoms with Crippen molar-refractivity contribution in [2.24, 2.45) is 0 Å². The second kappa shape index (κ2) is 42.0. The molecule has 0 spiro atoms. The number of hydrogen-bond acceptors (Lipinski definition) is 0. The van der Waals surface area contributed by atoms with Crippen molar-refractivity contribution in [3.63, 3.8) is 0 Å². The Bertz CT molecular complexity index is 24.7. The monoisotopic (exact) mass is 252 g/mol. The van der Waals surface area contributed by atoms with Crippen molar-refractivity contribution in [3.8, 4) is 0 Å². The quantitative estimate of drug-likeness (QED) is 0.429. The molecule has 0 aromatic heterocycles. The molecule has 0 radical (unpaired) electrons. The van der Waals surface area contributed by atoms with Gasteiger partial charge >= 0.3 is 64.3 Å². The Labute approximate surface area is 113 Å². The van der Waals surface area contributed by atoms with E-state index in [1.165, 1.54) is 17.9 Å². The third kappa shape index (κ3) is 47.0. The average Bonchev–Trinajstić information content (AvgIpc) is 1.41. The molecule has 0 nitrogen and oxygen atoms in total. The first kappa shape index (κ1) is 39.2. The maximum absolute atomic E-state index is 2.21. The van der Waals surface area contributed by atoms with E-state index in [1.54, 1.807) is 0 Å². The molecule has 6 heteroatoms. The fraction of sp³-hybridized carbons (Fsp3) is 1.00.